The molecule has 3 N–H and O–H groups in total. The van der Waals surface area contributed by atoms with Crippen LogP contribution in [0.25, 0.3) is 0 Å². The first-order chi connectivity index (χ1) is 13.7. The van der Waals surface area contributed by atoms with Crippen molar-refractivity contribution in [2.75, 3.05) is 0 Å². The zero-order valence-electron chi connectivity index (χ0n) is 15.5. The van der Waals surface area contributed by atoms with E-state index in [-0.39, 0.29) is 29.2 Å². The lowest BCUT2D eigenvalue weighted by molar-refractivity contribution is 0.0907. The van der Waals surface area contributed by atoms with Crippen molar-refractivity contribution in [3.63, 3.8) is 0 Å². The van der Waals surface area contributed by atoms with E-state index < -0.39 is 10.0 Å². The van der Waals surface area contributed by atoms with Crippen molar-refractivity contribution in [2.45, 2.75) is 24.5 Å². The summed E-state index contributed by atoms with van der Waals surface area (Å²) in [5, 5.41) is 7.89. The van der Waals surface area contributed by atoms with E-state index in [0.29, 0.717) is 11.5 Å². The second-order valence-electron chi connectivity index (χ2n) is 6.32. The maximum absolute atomic E-state index is 12.4. The van der Waals surface area contributed by atoms with E-state index in [2.05, 4.69) is 21.2 Å². The minimum Gasteiger partial charge on any atom is -0.486 e. The van der Waals surface area contributed by atoms with Gasteiger partial charge in [0.1, 0.15) is 18.1 Å². The van der Waals surface area contributed by atoms with Gasteiger partial charge in [0.25, 0.3) is 5.91 Å². The quantitative estimate of drug-likeness (QED) is 0.536. The number of amides is 1. The number of furan rings is 1. The van der Waals surface area contributed by atoms with Gasteiger partial charge in [0, 0.05) is 4.47 Å². The maximum Gasteiger partial charge on any atom is 0.287 e. The fourth-order valence-electron chi connectivity index (χ4n) is 2.59. The molecule has 3 rings (SSSR count). The first-order valence-corrected chi connectivity index (χ1v) is 11.0. The SMILES string of the molecule is CC(NC(=O)c1ccc(COc2cccc(Br)c2)o1)c1ccc(S(N)(=O)=O)cc1. The number of hydrogen-bond acceptors (Lipinski definition) is 5. The monoisotopic (exact) mass is 478 g/mol. The van der Waals surface area contributed by atoms with Gasteiger partial charge in [-0.1, -0.05) is 34.1 Å². The average molecular weight is 479 g/mol. The molecule has 2 aromatic carbocycles. The van der Waals surface area contributed by atoms with Crippen LogP contribution in [0.5, 0.6) is 5.75 Å². The number of benzene rings is 2. The predicted octanol–water partition coefficient (Wildman–Crippen LogP) is 3.76. The van der Waals surface area contributed by atoms with Gasteiger partial charge < -0.3 is 14.5 Å². The molecule has 1 atom stereocenters. The number of rotatable bonds is 7. The summed E-state index contributed by atoms with van der Waals surface area (Å²) in [6.45, 7) is 1.97. The summed E-state index contributed by atoms with van der Waals surface area (Å²) < 4.78 is 34.7. The van der Waals surface area contributed by atoms with Gasteiger partial charge in [0.2, 0.25) is 10.0 Å². The van der Waals surface area contributed by atoms with Gasteiger partial charge in [-0.2, -0.15) is 0 Å². The summed E-state index contributed by atoms with van der Waals surface area (Å²) in [5.41, 5.74) is 0.732. The second-order valence-corrected chi connectivity index (χ2v) is 8.80. The summed E-state index contributed by atoms with van der Waals surface area (Å²) in [6.07, 6.45) is 0. The van der Waals surface area contributed by atoms with E-state index >= 15 is 0 Å². The van der Waals surface area contributed by atoms with Crippen LogP contribution < -0.4 is 15.2 Å². The van der Waals surface area contributed by atoms with Crippen LogP contribution in [-0.4, -0.2) is 14.3 Å². The highest BCUT2D eigenvalue weighted by atomic mass is 79.9. The zero-order chi connectivity index (χ0) is 21.0. The van der Waals surface area contributed by atoms with E-state index in [1.807, 2.05) is 24.3 Å². The van der Waals surface area contributed by atoms with Crippen molar-refractivity contribution >= 4 is 31.9 Å². The van der Waals surface area contributed by atoms with Crippen molar-refractivity contribution in [1.29, 1.82) is 0 Å². The van der Waals surface area contributed by atoms with E-state index in [1.54, 1.807) is 31.2 Å². The predicted molar refractivity (Wildman–Crippen MR) is 111 cm³/mol. The van der Waals surface area contributed by atoms with Crippen LogP contribution >= 0.6 is 15.9 Å². The van der Waals surface area contributed by atoms with Gasteiger partial charge >= 0.3 is 0 Å². The first kappa shape index (κ1) is 21.1. The third-order valence-corrected chi connectivity index (χ3v) is 5.54. The van der Waals surface area contributed by atoms with Gasteiger partial charge in [0.15, 0.2) is 5.76 Å². The van der Waals surface area contributed by atoms with Gasteiger partial charge in [-0.15, -0.1) is 0 Å². The molecule has 7 nitrogen and oxygen atoms in total. The lowest BCUT2D eigenvalue weighted by Gasteiger charge is -2.13. The Morgan fingerprint density at radius 3 is 2.55 bits per heavy atom. The number of carbonyl (C=O) groups excluding carboxylic acids is 1. The zero-order valence-corrected chi connectivity index (χ0v) is 17.9. The van der Waals surface area contributed by atoms with Crippen LogP contribution in [0.1, 0.15) is 34.8 Å². The number of halogens is 1. The molecule has 3 aromatic rings. The molecule has 1 heterocycles. The summed E-state index contributed by atoms with van der Waals surface area (Å²) in [7, 11) is -3.75. The number of ether oxygens (including phenoxy) is 1. The Bertz CT molecular complexity index is 1110. The normalized spacial score (nSPS) is 12.4. The topological polar surface area (TPSA) is 112 Å². The third-order valence-electron chi connectivity index (χ3n) is 4.12. The third kappa shape index (κ3) is 5.69. The highest BCUT2D eigenvalue weighted by Crippen LogP contribution is 2.20. The molecule has 0 saturated heterocycles. The molecule has 29 heavy (non-hydrogen) atoms. The molecule has 0 bridgehead atoms. The minimum atomic E-state index is -3.75. The molecule has 0 aliphatic rings. The highest BCUT2D eigenvalue weighted by molar-refractivity contribution is 9.10. The molecule has 1 unspecified atom stereocenters. The molecule has 9 heteroatoms. The van der Waals surface area contributed by atoms with Crippen LogP contribution in [0.15, 0.2) is 74.4 Å². The summed E-state index contributed by atoms with van der Waals surface area (Å²) in [4.78, 5) is 12.4. The lowest BCUT2D eigenvalue weighted by atomic mass is 10.1. The summed E-state index contributed by atoms with van der Waals surface area (Å²) >= 11 is 3.37. The summed E-state index contributed by atoms with van der Waals surface area (Å²) in [6, 6.07) is 16.3. The molecule has 0 aliphatic heterocycles. The van der Waals surface area contributed by atoms with Crippen LogP contribution in [-0.2, 0) is 16.6 Å². The van der Waals surface area contributed by atoms with Crippen molar-refractivity contribution in [3.8, 4) is 5.75 Å². The Labute approximate surface area is 177 Å². The van der Waals surface area contributed by atoms with Crippen molar-refractivity contribution in [1.82, 2.24) is 5.32 Å². The lowest BCUT2D eigenvalue weighted by Crippen LogP contribution is -2.26. The molecule has 152 valence electrons. The number of carbonyl (C=O) groups is 1. The number of hydrogen-bond donors (Lipinski definition) is 2. The number of primary sulfonamides is 1. The number of nitrogens with one attached hydrogen (secondary N) is 1. The van der Waals surface area contributed by atoms with Crippen molar-refractivity contribution < 1.29 is 22.4 Å². The van der Waals surface area contributed by atoms with Crippen LogP contribution in [0.3, 0.4) is 0 Å². The summed E-state index contributed by atoms with van der Waals surface area (Å²) in [5.74, 6) is 0.964. The molecule has 0 saturated carbocycles. The fourth-order valence-corrected chi connectivity index (χ4v) is 3.48. The minimum absolute atomic E-state index is 0.0147. The largest absolute Gasteiger partial charge is 0.486 e. The average Bonchev–Trinajstić information content (AvgIpc) is 3.15. The molecule has 0 aliphatic carbocycles. The van der Waals surface area contributed by atoms with E-state index in [9.17, 15) is 13.2 Å². The van der Waals surface area contributed by atoms with E-state index in [1.165, 1.54) is 12.1 Å². The Kier molecular flexibility index (Phi) is 6.41. The Hall–Kier alpha value is -2.62. The fraction of sp³-hybridized carbons (Fsp3) is 0.150. The van der Waals surface area contributed by atoms with Gasteiger partial charge in [-0.05, 0) is 55.0 Å². The standard InChI is InChI=1S/C20H19BrN2O5S/c1-13(14-5-8-18(9-6-14)29(22,25)26)23-20(24)19-10-7-17(28-19)12-27-16-4-2-3-15(21)11-16/h2-11,13H,12H2,1H3,(H,23,24)(H2,22,25,26). The number of sulfonamides is 1. The second kappa shape index (κ2) is 8.81. The molecule has 1 aromatic heterocycles. The van der Waals surface area contributed by atoms with Crippen molar-refractivity contribution in [3.05, 3.63) is 82.2 Å². The first-order valence-electron chi connectivity index (χ1n) is 8.63. The highest BCUT2D eigenvalue weighted by Gasteiger charge is 2.16. The maximum atomic E-state index is 12.4. The molecule has 0 spiro atoms. The Morgan fingerprint density at radius 2 is 1.90 bits per heavy atom. The van der Waals surface area contributed by atoms with Crippen LogP contribution in [0.4, 0.5) is 0 Å². The van der Waals surface area contributed by atoms with Gasteiger partial charge in [-0.3, -0.25) is 4.79 Å². The van der Waals surface area contributed by atoms with Gasteiger partial charge in [0.05, 0.1) is 10.9 Å². The van der Waals surface area contributed by atoms with Crippen LogP contribution in [0, 0.1) is 0 Å². The molecular formula is C20H19BrN2O5S. The van der Waals surface area contributed by atoms with Crippen molar-refractivity contribution in [2.24, 2.45) is 5.14 Å². The van der Waals surface area contributed by atoms with Gasteiger partial charge in [-0.25, -0.2) is 13.6 Å². The Balaban J connectivity index is 1.59. The van der Waals surface area contributed by atoms with E-state index in [0.717, 1.165) is 10.0 Å². The molecule has 0 radical (unpaired) electrons. The number of nitrogens with two attached hydrogens (primary N) is 1. The molecule has 1 amide bonds. The smallest absolute Gasteiger partial charge is 0.287 e. The molecular weight excluding hydrogens is 460 g/mol. The van der Waals surface area contributed by atoms with Crippen LogP contribution in [0.2, 0.25) is 0 Å². The Morgan fingerprint density at radius 1 is 1.17 bits per heavy atom. The molecule has 0 fully saturated rings. The van der Waals surface area contributed by atoms with E-state index in [4.69, 9.17) is 14.3 Å².